The van der Waals surface area contributed by atoms with E-state index >= 15 is 0 Å². The number of carbonyl (C=O) groups excluding carboxylic acids is 1. The summed E-state index contributed by atoms with van der Waals surface area (Å²) in [6, 6.07) is 6.29. The summed E-state index contributed by atoms with van der Waals surface area (Å²) < 4.78 is 28.3. The SMILES string of the molecule is CCCC(C)(N)C(=O)N(C)CCCOc1ccc(S(C)(=O)=O)cc1. The largest absolute Gasteiger partial charge is 0.494 e. The first kappa shape index (κ1) is 20.4. The third kappa shape index (κ3) is 6.13. The Labute approximate surface area is 144 Å². The van der Waals surface area contributed by atoms with Crippen molar-refractivity contribution in [1.29, 1.82) is 0 Å². The monoisotopic (exact) mass is 356 g/mol. The number of sulfone groups is 1. The molecule has 1 aromatic carbocycles. The van der Waals surface area contributed by atoms with E-state index in [2.05, 4.69) is 0 Å². The average Bonchev–Trinajstić information content (AvgIpc) is 2.50. The number of ether oxygens (including phenoxy) is 1. The molecular weight excluding hydrogens is 328 g/mol. The molecular formula is C17H28N2O4S. The maximum Gasteiger partial charge on any atom is 0.242 e. The van der Waals surface area contributed by atoms with Crippen molar-refractivity contribution in [1.82, 2.24) is 4.90 Å². The van der Waals surface area contributed by atoms with E-state index in [1.54, 1.807) is 31.0 Å². The van der Waals surface area contributed by atoms with Crippen LogP contribution in [0.3, 0.4) is 0 Å². The second-order valence-corrected chi connectivity index (χ2v) is 8.36. The predicted molar refractivity (Wildman–Crippen MR) is 94.8 cm³/mol. The van der Waals surface area contributed by atoms with E-state index in [0.29, 0.717) is 31.7 Å². The number of carbonyl (C=O) groups is 1. The molecule has 0 aliphatic heterocycles. The van der Waals surface area contributed by atoms with E-state index in [0.717, 1.165) is 6.42 Å². The summed E-state index contributed by atoms with van der Waals surface area (Å²) in [5.74, 6) is 0.535. The normalized spacial score (nSPS) is 14.0. The van der Waals surface area contributed by atoms with Gasteiger partial charge in [-0.15, -0.1) is 0 Å². The number of nitrogens with two attached hydrogens (primary N) is 1. The Morgan fingerprint density at radius 3 is 2.38 bits per heavy atom. The fourth-order valence-corrected chi connectivity index (χ4v) is 3.07. The van der Waals surface area contributed by atoms with E-state index in [1.807, 2.05) is 6.92 Å². The molecule has 0 heterocycles. The minimum absolute atomic E-state index is 0.0677. The quantitative estimate of drug-likeness (QED) is 0.682. The van der Waals surface area contributed by atoms with Gasteiger partial charge in [-0.05, 0) is 44.0 Å². The van der Waals surface area contributed by atoms with Crippen molar-refractivity contribution in [3.63, 3.8) is 0 Å². The molecule has 1 aromatic rings. The molecule has 0 aliphatic rings. The summed E-state index contributed by atoms with van der Waals surface area (Å²) in [5.41, 5.74) is 5.22. The van der Waals surface area contributed by atoms with Crippen molar-refractivity contribution in [2.24, 2.45) is 5.73 Å². The first-order valence-corrected chi connectivity index (χ1v) is 9.94. The molecule has 0 saturated heterocycles. The van der Waals surface area contributed by atoms with Crippen LogP contribution in [0.1, 0.15) is 33.1 Å². The molecule has 6 nitrogen and oxygen atoms in total. The lowest BCUT2D eigenvalue weighted by atomic mass is 9.96. The van der Waals surface area contributed by atoms with Crippen LogP contribution in [0.2, 0.25) is 0 Å². The van der Waals surface area contributed by atoms with Gasteiger partial charge >= 0.3 is 0 Å². The molecule has 1 rings (SSSR count). The second kappa shape index (κ2) is 8.48. The van der Waals surface area contributed by atoms with Crippen molar-refractivity contribution in [2.75, 3.05) is 26.5 Å². The Hall–Kier alpha value is -1.60. The van der Waals surface area contributed by atoms with Crippen molar-refractivity contribution >= 4 is 15.7 Å². The van der Waals surface area contributed by atoms with Crippen LogP contribution in [-0.2, 0) is 14.6 Å². The van der Waals surface area contributed by atoms with Crippen LogP contribution >= 0.6 is 0 Å². The summed E-state index contributed by atoms with van der Waals surface area (Å²) >= 11 is 0. The molecule has 0 radical (unpaired) electrons. The Morgan fingerprint density at radius 1 is 1.29 bits per heavy atom. The highest BCUT2D eigenvalue weighted by Gasteiger charge is 2.29. The zero-order chi connectivity index (χ0) is 18.4. The van der Waals surface area contributed by atoms with Gasteiger partial charge in [0.15, 0.2) is 9.84 Å². The molecule has 1 amide bonds. The molecule has 0 spiro atoms. The zero-order valence-corrected chi connectivity index (χ0v) is 15.7. The lowest BCUT2D eigenvalue weighted by Crippen LogP contribution is -2.52. The highest BCUT2D eigenvalue weighted by Crippen LogP contribution is 2.16. The number of benzene rings is 1. The maximum atomic E-state index is 12.3. The number of likely N-dealkylation sites (N-methyl/N-ethyl adjacent to an activating group) is 1. The number of hydrogen-bond donors (Lipinski definition) is 1. The van der Waals surface area contributed by atoms with Crippen LogP contribution in [0.5, 0.6) is 5.75 Å². The second-order valence-electron chi connectivity index (χ2n) is 6.34. The zero-order valence-electron chi connectivity index (χ0n) is 14.9. The van der Waals surface area contributed by atoms with Gasteiger partial charge in [0.2, 0.25) is 5.91 Å². The van der Waals surface area contributed by atoms with Crippen LogP contribution < -0.4 is 10.5 Å². The number of rotatable bonds is 9. The predicted octanol–water partition coefficient (Wildman–Crippen LogP) is 1.83. The standard InChI is InChI=1S/C17H28N2O4S/c1-5-11-17(2,18)16(20)19(3)12-6-13-23-14-7-9-15(10-8-14)24(4,21)22/h7-10H,5-6,11-13,18H2,1-4H3. The van der Waals surface area contributed by atoms with Gasteiger partial charge in [0, 0.05) is 19.8 Å². The Bertz CT molecular complexity index is 639. The minimum atomic E-state index is -3.20. The van der Waals surface area contributed by atoms with Gasteiger partial charge in [0.25, 0.3) is 0 Å². The molecule has 0 aliphatic carbocycles. The summed E-state index contributed by atoms with van der Waals surface area (Å²) in [6.07, 6.45) is 3.34. The van der Waals surface area contributed by atoms with E-state index in [9.17, 15) is 13.2 Å². The molecule has 0 saturated carbocycles. The Kier molecular flexibility index (Phi) is 7.23. The molecule has 2 N–H and O–H groups in total. The molecule has 1 atom stereocenters. The number of hydrogen-bond acceptors (Lipinski definition) is 5. The van der Waals surface area contributed by atoms with Crippen LogP contribution in [-0.4, -0.2) is 51.2 Å². The summed E-state index contributed by atoms with van der Waals surface area (Å²) in [4.78, 5) is 14.1. The Balaban J connectivity index is 2.42. The smallest absolute Gasteiger partial charge is 0.242 e. The van der Waals surface area contributed by atoms with Crippen LogP contribution in [0.25, 0.3) is 0 Å². The van der Waals surface area contributed by atoms with Gasteiger partial charge in [0.05, 0.1) is 17.0 Å². The fraction of sp³-hybridized carbons (Fsp3) is 0.588. The fourth-order valence-electron chi connectivity index (χ4n) is 2.44. The third-order valence-corrected chi connectivity index (χ3v) is 4.89. The van der Waals surface area contributed by atoms with E-state index in [4.69, 9.17) is 10.5 Å². The van der Waals surface area contributed by atoms with Crippen molar-refractivity contribution in [3.8, 4) is 5.75 Å². The summed E-state index contributed by atoms with van der Waals surface area (Å²) in [5, 5.41) is 0. The van der Waals surface area contributed by atoms with Crippen molar-refractivity contribution < 1.29 is 17.9 Å². The van der Waals surface area contributed by atoms with Crippen molar-refractivity contribution in [3.05, 3.63) is 24.3 Å². The topological polar surface area (TPSA) is 89.7 Å². The molecule has 0 fully saturated rings. The number of amides is 1. The van der Waals surface area contributed by atoms with Gasteiger partial charge in [0.1, 0.15) is 5.75 Å². The first-order valence-electron chi connectivity index (χ1n) is 8.05. The number of nitrogens with zero attached hydrogens (tertiary/aromatic N) is 1. The highest BCUT2D eigenvalue weighted by atomic mass is 32.2. The summed E-state index contributed by atoms with van der Waals surface area (Å²) in [7, 11) is -1.46. The molecule has 24 heavy (non-hydrogen) atoms. The van der Waals surface area contributed by atoms with Gasteiger partial charge < -0.3 is 15.4 Å². The van der Waals surface area contributed by atoms with E-state index < -0.39 is 15.4 Å². The van der Waals surface area contributed by atoms with Gasteiger partial charge in [-0.25, -0.2) is 8.42 Å². The van der Waals surface area contributed by atoms with Gasteiger partial charge in [-0.2, -0.15) is 0 Å². The lowest BCUT2D eigenvalue weighted by molar-refractivity contribution is -0.135. The highest BCUT2D eigenvalue weighted by molar-refractivity contribution is 7.90. The van der Waals surface area contributed by atoms with Crippen LogP contribution in [0.15, 0.2) is 29.2 Å². The van der Waals surface area contributed by atoms with E-state index in [1.165, 1.54) is 18.4 Å². The molecule has 1 unspecified atom stereocenters. The van der Waals surface area contributed by atoms with Crippen LogP contribution in [0, 0.1) is 0 Å². The molecule has 0 bridgehead atoms. The molecule has 136 valence electrons. The molecule has 0 aromatic heterocycles. The van der Waals surface area contributed by atoms with E-state index in [-0.39, 0.29) is 10.8 Å². The average molecular weight is 356 g/mol. The van der Waals surface area contributed by atoms with Gasteiger partial charge in [-0.3, -0.25) is 4.79 Å². The first-order chi connectivity index (χ1) is 11.1. The van der Waals surface area contributed by atoms with Crippen molar-refractivity contribution in [2.45, 2.75) is 43.5 Å². The maximum absolute atomic E-state index is 12.3. The molecule has 7 heteroatoms. The van der Waals surface area contributed by atoms with Gasteiger partial charge in [-0.1, -0.05) is 13.3 Å². The third-order valence-electron chi connectivity index (χ3n) is 3.76. The Morgan fingerprint density at radius 2 is 1.88 bits per heavy atom. The summed E-state index contributed by atoms with van der Waals surface area (Å²) in [6.45, 7) is 4.75. The lowest BCUT2D eigenvalue weighted by Gasteiger charge is -2.29. The minimum Gasteiger partial charge on any atom is -0.494 e. The van der Waals surface area contributed by atoms with Crippen LogP contribution in [0.4, 0.5) is 0 Å².